The van der Waals surface area contributed by atoms with Crippen LogP contribution in [0.1, 0.15) is 50.7 Å². The van der Waals surface area contributed by atoms with Gasteiger partial charge in [0.25, 0.3) is 0 Å². The highest BCUT2D eigenvalue weighted by atomic mass is 16.4. The zero-order valence-corrected chi connectivity index (χ0v) is 26.1. The Morgan fingerprint density at radius 1 is 0.804 bits per heavy atom. The van der Waals surface area contributed by atoms with E-state index in [0.29, 0.717) is 31.4 Å². The number of hydrogen-bond donors (Lipinski definition) is 6. The van der Waals surface area contributed by atoms with Crippen molar-refractivity contribution in [2.45, 2.75) is 82.6 Å². The smallest absolute Gasteiger partial charge is 0.326 e. The molecule has 2 aromatic carbocycles. The summed E-state index contributed by atoms with van der Waals surface area (Å²) in [5, 5.41) is 26.2. The lowest BCUT2D eigenvalue weighted by Gasteiger charge is -2.29. The number of amides is 4. The third kappa shape index (κ3) is 10.7. The van der Waals surface area contributed by atoms with E-state index in [2.05, 4.69) is 16.0 Å². The first-order valence-electron chi connectivity index (χ1n) is 15.3. The highest BCUT2D eigenvalue weighted by molar-refractivity contribution is 5.96. The molecule has 0 aliphatic carbocycles. The van der Waals surface area contributed by atoms with E-state index in [1.807, 2.05) is 13.8 Å². The molecule has 2 aromatic rings. The molecular weight excluding hydrogens is 594 g/mol. The fourth-order valence-electron chi connectivity index (χ4n) is 5.43. The van der Waals surface area contributed by atoms with Gasteiger partial charge >= 0.3 is 11.9 Å². The van der Waals surface area contributed by atoms with Crippen LogP contribution in [0.15, 0.2) is 60.7 Å². The van der Waals surface area contributed by atoms with E-state index in [1.54, 1.807) is 60.7 Å². The Morgan fingerprint density at radius 2 is 1.30 bits per heavy atom. The number of carboxylic acids is 2. The van der Waals surface area contributed by atoms with Gasteiger partial charge in [0.1, 0.15) is 24.2 Å². The lowest BCUT2D eigenvalue weighted by Crippen LogP contribution is -2.59. The average Bonchev–Trinajstić information content (AvgIpc) is 3.50. The van der Waals surface area contributed by atoms with Gasteiger partial charge in [-0.25, -0.2) is 4.79 Å². The predicted molar refractivity (Wildman–Crippen MR) is 168 cm³/mol. The van der Waals surface area contributed by atoms with Crippen molar-refractivity contribution in [1.29, 1.82) is 0 Å². The number of nitrogens with zero attached hydrogens (tertiary/aromatic N) is 1. The summed E-state index contributed by atoms with van der Waals surface area (Å²) in [5.74, 6) is -5.26. The van der Waals surface area contributed by atoms with E-state index in [9.17, 15) is 33.9 Å². The van der Waals surface area contributed by atoms with Crippen LogP contribution in [0.4, 0.5) is 0 Å². The molecule has 13 nitrogen and oxygen atoms in total. The molecule has 4 amide bonds. The standard InChI is InChI=1S/C33H43N5O8/c1-20(2)16-23(34)32(44)38-15-9-14-27(38)31(43)36-25(18-22-12-7-4-8-13-22)29(41)35-24(17-21-10-5-3-6-11-21)30(42)37-26(33(45)46)19-28(39)40/h3-8,10-13,20,23-27H,9,14-19,34H2,1-2H3,(H,35,41)(H,36,43)(H,37,42)(H,39,40)(H,45,46)/t23-,24+,25+,26-,27+/m1/s1. The minimum Gasteiger partial charge on any atom is -0.481 e. The summed E-state index contributed by atoms with van der Waals surface area (Å²) in [4.78, 5) is 78.2. The molecule has 1 fully saturated rings. The SMILES string of the molecule is CC(C)C[C@@H](N)C(=O)N1CCC[C@H]1C(=O)N[C@@H](Cc1ccccc1)C(=O)N[C@@H](Cc1ccccc1)C(=O)N[C@H](CC(=O)O)C(=O)O. The van der Waals surface area contributed by atoms with Crippen molar-refractivity contribution in [2.24, 2.45) is 11.7 Å². The number of likely N-dealkylation sites (tertiary alicyclic amines) is 1. The quantitative estimate of drug-likeness (QED) is 0.154. The Morgan fingerprint density at radius 3 is 1.78 bits per heavy atom. The van der Waals surface area contributed by atoms with E-state index in [-0.39, 0.29) is 24.7 Å². The topological polar surface area (TPSA) is 208 Å². The van der Waals surface area contributed by atoms with Crippen LogP contribution in [0.25, 0.3) is 0 Å². The molecule has 5 atom stereocenters. The van der Waals surface area contributed by atoms with Crippen molar-refractivity contribution in [2.75, 3.05) is 6.54 Å². The third-order valence-corrected chi connectivity index (χ3v) is 7.71. The van der Waals surface area contributed by atoms with E-state index < -0.39 is 66.3 Å². The molecule has 0 aromatic heterocycles. The molecule has 1 saturated heterocycles. The first-order chi connectivity index (χ1) is 21.8. The van der Waals surface area contributed by atoms with Crippen molar-refractivity contribution in [1.82, 2.24) is 20.9 Å². The molecule has 3 rings (SSSR count). The molecule has 0 unspecified atom stereocenters. The molecule has 248 valence electrons. The number of nitrogens with two attached hydrogens (primary N) is 1. The number of rotatable bonds is 16. The van der Waals surface area contributed by atoms with E-state index in [4.69, 9.17) is 10.8 Å². The van der Waals surface area contributed by atoms with Crippen LogP contribution >= 0.6 is 0 Å². The molecule has 0 spiro atoms. The summed E-state index contributed by atoms with van der Waals surface area (Å²) < 4.78 is 0. The second kappa shape index (κ2) is 17.1. The molecular formula is C33H43N5O8. The van der Waals surface area contributed by atoms with Crippen LogP contribution in [0.5, 0.6) is 0 Å². The van der Waals surface area contributed by atoms with Gasteiger partial charge in [0.2, 0.25) is 23.6 Å². The Kier molecular flexibility index (Phi) is 13.2. The van der Waals surface area contributed by atoms with Crippen molar-refractivity contribution < 1.29 is 39.0 Å². The maximum atomic E-state index is 13.8. The van der Waals surface area contributed by atoms with E-state index >= 15 is 0 Å². The summed E-state index contributed by atoms with van der Waals surface area (Å²) in [6.07, 6.45) is 0.601. The Balaban J connectivity index is 1.85. The van der Waals surface area contributed by atoms with E-state index in [1.165, 1.54) is 4.90 Å². The van der Waals surface area contributed by atoms with Crippen molar-refractivity contribution in [3.63, 3.8) is 0 Å². The fourth-order valence-corrected chi connectivity index (χ4v) is 5.43. The van der Waals surface area contributed by atoms with Crippen molar-refractivity contribution in [3.05, 3.63) is 71.8 Å². The number of carboxylic acid groups (broad SMARTS) is 2. The van der Waals surface area contributed by atoms with Gasteiger partial charge in [-0.15, -0.1) is 0 Å². The minimum absolute atomic E-state index is 0.0392. The molecule has 0 radical (unpaired) electrons. The van der Waals surface area contributed by atoms with Crippen molar-refractivity contribution >= 4 is 35.6 Å². The maximum absolute atomic E-state index is 13.8. The summed E-state index contributed by atoms with van der Waals surface area (Å²) in [5.41, 5.74) is 7.51. The first kappa shape index (κ1) is 35.7. The molecule has 1 aliphatic rings. The minimum atomic E-state index is -1.73. The van der Waals surface area contributed by atoms with Gasteiger partial charge in [0.05, 0.1) is 12.5 Å². The number of nitrogens with one attached hydrogen (secondary N) is 3. The summed E-state index contributed by atoms with van der Waals surface area (Å²) in [6.45, 7) is 4.26. The van der Waals surface area contributed by atoms with Crippen molar-refractivity contribution in [3.8, 4) is 0 Å². The second-order valence-corrected chi connectivity index (χ2v) is 11.9. The molecule has 1 heterocycles. The zero-order chi connectivity index (χ0) is 33.8. The van der Waals surface area contributed by atoms with E-state index in [0.717, 1.165) is 5.56 Å². The van der Waals surface area contributed by atoms with Gasteiger partial charge in [0, 0.05) is 19.4 Å². The lowest BCUT2D eigenvalue weighted by molar-refractivity contribution is -0.147. The van der Waals surface area contributed by atoms with Gasteiger partial charge in [0.15, 0.2) is 0 Å². The number of carbonyl (C=O) groups is 6. The Hall–Kier alpha value is -4.78. The van der Waals surface area contributed by atoms with Gasteiger partial charge in [-0.3, -0.25) is 24.0 Å². The van der Waals surface area contributed by atoms with Crippen LogP contribution in [-0.4, -0.2) is 87.4 Å². The Labute approximate surface area is 267 Å². The second-order valence-electron chi connectivity index (χ2n) is 11.9. The van der Waals surface area contributed by atoms with Crippen LogP contribution < -0.4 is 21.7 Å². The largest absolute Gasteiger partial charge is 0.481 e. The van der Waals surface area contributed by atoms with Crippen LogP contribution in [0.2, 0.25) is 0 Å². The molecule has 1 aliphatic heterocycles. The Bertz CT molecular complexity index is 1370. The van der Waals surface area contributed by atoms with Gasteiger partial charge in [-0.05, 0) is 36.3 Å². The summed E-state index contributed by atoms with van der Waals surface area (Å²) in [7, 11) is 0. The van der Waals surface area contributed by atoms with Crippen LogP contribution in [-0.2, 0) is 41.6 Å². The van der Waals surface area contributed by atoms with Gasteiger partial charge in [-0.1, -0.05) is 74.5 Å². The summed E-state index contributed by atoms with van der Waals surface area (Å²) in [6, 6.07) is 11.8. The predicted octanol–water partition coefficient (Wildman–Crippen LogP) is 0.850. The van der Waals surface area contributed by atoms with Crippen LogP contribution in [0, 0.1) is 5.92 Å². The highest BCUT2D eigenvalue weighted by Gasteiger charge is 2.38. The first-order valence-corrected chi connectivity index (χ1v) is 15.3. The number of aliphatic carboxylic acids is 2. The normalized spacial score (nSPS) is 17.0. The molecule has 7 N–H and O–H groups in total. The monoisotopic (exact) mass is 637 g/mol. The average molecular weight is 638 g/mol. The summed E-state index contributed by atoms with van der Waals surface area (Å²) >= 11 is 0. The maximum Gasteiger partial charge on any atom is 0.326 e. The fraction of sp³-hybridized carbons (Fsp3) is 0.455. The van der Waals surface area contributed by atoms with Gasteiger partial charge < -0.3 is 36.8 Å². The third-order valence-electron chi connectivity index (χ3n) is 7.71. The highest BCUT2D eigenvalue weighted by Crippen LogP contribution is 2.20. The number of hydrogen-bond acceptors (Lipinski definition) is 7. The number of carbonyl (C=O) groups excluding carboxylic acids is 4. The molecule has 0 saturated carbocycles. The number of benzene rings is 2. The van der Waals surface area contributed by atoms with Gasteiger partial charge in [-0.2, -0.15) is 0 Å². The lowest BCUT2D eigenvalue weighted by atomic mass is 10.0. The zero-order valence-electron chi connectivity index (χ0n) is 26.1. The molecule has 46 heavy (non-hydrogen) atoms. The van der Waals surface area contributed by atoms with Crippen LogP contribution in [0.3, 0.4) is 0 Å². The molecule has 13 heteroatoms. The molecule has 0 bridgehead atoms.